The van der Waals surface area contributed by atoms with Gasteiger partial charge in [-0.25, -0.2) is 0 Å². The summed E-state index contributed by atoms with van der Waals surface area (Å²) in [5.74, 6) is 0. The molecular formula is C20H26N2O. The maximum Gasteiger partial charge on any atom is 0.255 e. The van der Waals surface area contributed by atoms with Crippen LogP contribution in [0, 0.1) is 0 Å². The molecule has 1 aliphatic rings. The number of hydrogen-bond acceptors (Lipinski definition) is 2. The molecule has 0 radical (unpaired) electrons. The minimum Gasteiger partial charge on any atom is -0.313 e. The minimum atomic E-state index is 0.128. The molecule has 0 unspecified atom stereocenters. The van der Waals surface area contributed by atoms with Gasteiger partial charge < -0.3 is 9.88 Å². The first kappa shape index (κ1) is 16.0. The lowest BCUT2D eigenvalue weighted by molar-refractivity contribution is 0.679. The van der Waals surface area contributed by atoms with Crippen LogP contribution in [0.3, 0.4) is 0 Å². The molecule has 0 spiro atoms. The Morgan fingerprint density at radius 2 is 1.83 bits per heavy atom. The highest BCUT2D eigenvalue weighted by molar-refractivity contribution is 5.62. The van der Waals surface area contributed by atoms with Gasteiger partial charge in [0.1, 0.15) is 0 Å². The lowest BCUT2D eigenvalue weighted by Gasteiger charge is -2.18. The van der Waals surface area contributed by atoms with E-state index in [1.807, 2.05) is 17.6 Å². The maximum atomic E-state index is 12.7. The number of hydrogen-bond donors (Lipinski definition) is 1. The fourth-order valence-electron chi connectivity index (χ4n) is 3.48. The van der Waals surface area contributed by atoms with Gasteiger partial charge in [0.2, 0.25) is 0 Å². The SMILES string of the molecule is CCNCc1ccc(-c2ccc3c(c2)CCCC3)n(CC)c1=O. The van der Waals surface area contributed by atoms with E-state index in [2.05, 4.69) is 36.5 Å². The lowest BCUT2D eigenvalue weighted by Crippen LogP contribution is -2.27. The molecule has 0 fully saturated rings. The Morgan fingerprint density at radius 3 is 2.57 bits per heavy atom. The normalized spacial score (nSPS) is 13.8. The van der Waals surface area contributed by atoms with Gasteiger partial charge in [-0.3, -0.25) is 4.79 Å². The number of pyridine rings is 1. The highest BCUT2D eigenvalue weighted by Gasteiger charge is 2.13. The van der Waals surface area contributed by atoms with Crippen LogP contribution < -0.4 is 10.9 Å². The number of nitrogens with zero attached hydrogens (tertiary/aromatic N) is 1. The Kier molecular flexibility index (Phi) is 4.97. The molecule has 0 amide bonds. The first-order chi connectivity index (χ1) is 11.2. The van der Waals surface area contributed by atoms with E-state index in [0.717, 1.165) is 24.2 Å². The standard InChI is InChI=1S/C20H26N2O/c1-3-21-14-18-11-12-19(22(4-2)20(18)23)17-10-9-15-7-5-6-8-16(15)13-17/h9-13,21H,3-8,14H2,1-2H3. The number of aryl methyl sites for hydroxylation is 2. The van der Waals surface area contributed by atoms with Crippen LogP contribution in [0.1, 0.15) is 43.4 Å². The van der Waals surface area contributed by atoms with Gasteiger partial charge in [-0.2, -0.15) is 0 Å². The van der Waals surface area contributed by atoms with Crippen molar-refractivity contribution in [1.29, 1.82) is 0 Å². The van der Waals surface area contributed by atoms with Crippen LogP contribution in [-0.4, -0.2) is 11.1 Å². The summed E-state index contributed by atoms with van der Waals surface area (Å²) in [4.78, 5) is 12.7. The van der Waals surface area contributed by atoms with Gasteiger partial charge in [0.15, 0.2) is 0 Å². The third kappa shape index (κ3) is 3.25. The van der Waals surface area contributed by atoms with Crippen LogP contribution >= 0.6 is 0 Å². The van der Waals surface area contributed by atoms with E-state index in [1.165, 1.54) is 36.0 Å². The summed E-state index contributed by atoms with van der Waals surface area (Å²) in [5, 5.41) is 3.24. The average Bonchev–Trinajstić information content (AvgIpc) is 2.60. The molecule has 0 bridgehead atoms. The Bertz CT molecular complexity index is 746. The minimum absolute atomic E-state index is 0.128. The monoisotopic (exact) mass is 310 g/mol. The van der Waals surface area contributed by atoms with Gasteiger partial charge in [-0.05, 0) is 68.0 Å². The van der Waals surface area contributed by atoms with Gasteiger partial charge in [-0.15, -0.1) is 0 Å². The predicted molar refractivity (Wildman–Crippen MR) is 95.8 cm³/mol. The third-order valence-electron chi connectivity index (χ3n) is 4.78. The van der Waals surface area contributed by atoms with Crippen LogP contribution in [0.5, 0.6) is 0 Å². The first-order valence-corrected chi connectivity index (χ1v) is 8.80. The summed E-state index contributed by atoms with van der Waals surface area (Å²) in [6.45, 7) is 6.31. The molecule has 1 aromatic heterocycles. The van der Waals surface area contributed by atoms with Gasteiger partial charge in [0.05, 0.1) is 5.69 Å². The molecule has 23 heavy (non-hydrogen) atoms. The summed E-state index contributed by atoms with van der Waals surface area (Å²) in [6, 6.07) is 10.8. The Hall–Kier alpha value is -1.87. The molecule has 3 nitrogen and oxygen atoms in total. The van der Waals surface area contributed by atoms with E-state index >= 15 is 0 Å². The maximum absolute atomic E-state index is 12.7. The fourth-order valence-corrected chi connectivity index (χ4v) is 3.48. The quantitative estimate of drug-likeness (QED) is 0.917. The average molecular weight is 310 g/mol. The zero-order valence-electron chi connectivity index (χ0n) is 14.2. The van der Waals surface area contributed by atoms with E-state index in [1.54, 1.807) is 0 Å². The van der Waals surface area contributed by atoms with Crippen LogP contribution in [-0.2, 0) is 25.9 Å². The number of benzene rings is 1. The van der Waals surface area contributed by atoms with Crippen molar-refractivity contribution in [2.75, 3.05) is 6.54 Å². The second kappa shape index (κ2) is 7.14. The highest BCUT2D eigenvalue weighted by atomic mass is 16.1. The molecule has 0 aliphatic heterocycles. The molecule has 122 valence electrons. The molecule has 3 rings (SSSR count). The molecule has 3 heteroatoms. The smallest absolute Gasteiger partial charge is 0.255 e. The molecule has 1 aliphatic carbocycles. The largest absolute Gasteiger partial charge is 0.313 e. The van der Waals surface area contributed by atoms with Crippen LogP contribution in [0.2, 0.25) is 0 Å². The van der Waals surface area contributed by atoms with Gasteiger partial charge in [-0.1, -0.05) is 25.1 Å². The molecular weight excluding hydrogens is 284 g/mol. The van der Waals surface area contributed by atoms with E-state index in [4.69, 9.17) is 0 Å². The molecule has 1 aromatic carbocycles. The Morgan fingerprint density at radius 1 is 1.04 bits per heavy atom. The molecule has 1 N–H and O–H groups in total. The third-order valence-corrected chi connectivity index (χ3v) is 4.78. The van der Waals surface area contributed by atoms with Crippen molar-refractivity contribution in [1.82, 2.24) is 9.88 Å². The van der Waals surface area contributed by atoms with E-state index in [-0.39, 0.29) is 5.56 Å². The van der Waals surface area contributed by atoms with Crippen molar-refractivity contribution in [3.63, 3.8) is 0 Å². The highest BCUT2D eigenvalue weighted by Crippen LogP contribution is 2.27. The van der Waals surface area contributed by atoms with E-state index in [0.29, 0.717) is 13.1 Å². The number of nitrogens with one attached hydrogen (secondary N) is 1. The van der Waals surface area contributed by atoms with Crippen molar-refractivity contribution in [3.05, 3.63) is 57.4 Å². The zero-order valence-corrected chi connectivity index (χ0v) is 14.2. The van der Waals surface area contributed by atoms with Crippen LogP contribution in [0.25, 0.3) is 11.3 Å². The summed E-state index contributed by atoms with van der Waals surface area (Å²) < 4.78 is 1.90. The van der Waals surface area contributed by atoms with Gasteiger partial charge >= 0.3 is 0 Å². The number of rotatable bonds is 5. The predicted octanol–water partition coefficient (Wildman–Crippen LogP) is 3.52. The zero-order chi connectivity index (χ0) is 16.2. The summed E-state index contributed by atoms with van der Waals surface area (Å²) in [6.07, 6.45) is 4.93. The number of fused-ring (bicyclic) bond motifs is 1. The Labute approximate surface area is 138 Å². The Balaban J connectivity index is 2.02. The summed E-state index contributed by atoms with van der Waals surface area (Å²) in [5.41, 5.74) is 6.11. The van der Waals surface area contributed by atoms with Crippen LogP contribution in [0.15, 0.2) is 35.1 Å². The topological polar surface area (TPSA) is 34.0 Å². The van der Waals surface area contributed by atoms with Gasteiger partial charge in [0.25, 0.3) is 5.56 Å². The molecule has 0 saturated carbocycles. The summed E-state index contributed by atoms with van der Waals surface area (Å²) >= 11 is 0. The van der Waals surface area contributed by atoms with Crippen molar-refractivity contribution in [2.24, 2.45) is 0 Å². The van der Waals surface area contributed by atoms with Crippen molar-refractivity contribution >= 4 is 0 Å². The van der Waals surface area contributed by atoms with Gasteiger partial charge in [0, 0.05) is 18.7 Å². The van der Waals surface area contributed by atoms with E-state index in [9.17, 15) is 4.79 Å². The first-order valence-electron chi connectivity index (χ1n) is 8.80. The second-order valence-corrected chi connectivity index (χ2v) is 6.26. The fraction of sp³-hybridized carbons (Fsp3) is 0.450. The number of aromatic nitrogens is 1. The molecule has 2 aromatic rings. The molecule has 0 atom stereocenters. The second-order valence-electron chi connectivity index (χ2n) is 6.26. The van der Waals surface area contributed by atoms with Crippen molar-refractivity contribution in [2.45, 2.75) is 52.6 Å². The van der Waals surface area contributed by atoms with Crippen molar-refractivity contribution < 1.29 is 0 Å². The van der Waals surface area contributed by atoms with Crippen LogP contribution in [0.4, 0.5) is 0 Å². The van der Waals surface area contributed by atoms with E-state index < -0.39 is 0 Å². The molecule has 1 heterocycles. The summed E-state index contributed by atoms with van der Waals surface area (Å²) in [7, 11) is 0. The lowest BCUT2D eigenvalue weighted by atomic mass is 9.90. The molecule has 0 saturated heterocycles. The van der Waals surface area contributed by atoms with Crippen molar-refractivity contribution in [3.8, 4) is 11.3 Å².